The van der Waals surface area contributed by atoms with Gasteiger partial charge in [-0.2, -0.15) is 0 Å². The summed E-state index contributed by atoms with van der Waals surface area (Å²) in [5.41, 5.74) is -0.494. The molecule has 0 rings (SSSR count). The van der Waals surface area contributed by atoms with E-state index >= 15 is 0 Å². The van der Waals surface area contributed by atoms with E-state index in [0.717, 1.165) is 6.54 Å². The van der Waals surface area contributed by atoms with Gasteiger partial charge in [-0.05, 0) is 27.8 Å². The molecular weight excluding hydrogens is 370 g/mol. The predicted molar refractivity (Wildman–Crippen MR) is 105 cm³/mol. The van der Waals surface area contributed by atoms with Gasteiger partial charge in [-0.15, -0.1) is 0 Å². The molecule has 0 aromatic rings. The highest BCUT2D eigenvalue weighted by Crippen LogP contribution is 2.06. The monoisotopic (exact) mass is 409 g/mol. The highest BCUT2D eigenvalue weighted by molar-refractivity contribution is 5.71. The maximum absolute atomic E-state index is 11.4. The van der Waals surface area contributed by atoms with Crippen LogP contribution in [0.2, 0.25) is 0 Å². The van der Waals surface area contributed by atoms with Crippen molar-refractivity contribution in [1.82, 2.24) is 5.32 Å². The zero-order valence-corrected chi connectivity index (χ0v) is 18.0. The summed E-state index contributed by atoms with van der Waals surface area (Å²) in [6, 6.07) is 0. The van der Waals surface area contributed by atoms with Crippen LogP contribution in [0.25, 0.3) is 0 Å². The number of hydrogen-bond donors (Lipinski definition) is 1. The van der Waals surface area contributed by atoms with Crippen LogP contribution in [-0.2, 0) is 38.0 Å². The molecule has 0 aliphatic carbocycles. The number of carbonyl (C=O) groups excluding carboxylic acids is 1. The zero-order valence-electron chi connectivity index (χ0n) is 18.0. The Bertz CT molecular complexity index is 349. The maximum Gasteiger partial charge on any atom is 0.332 e. The minimum atomic E-state index is -0.494. The summed E-state index contributed by atoms with van der Waals surface area (Å²) in [6.45, 7) is 11.9. The third kappa shape index (κ3) is 23.2. The van der Waals surface area contributed by atoms with Crippen LogP contribution in [0.15, 0.2) is 0 Å². The molecule has 0 spiro atoms. The number of carbonyl (C=O) groups is 1. The second kappa shape index (κ2) is 19.5. The Morgan fingerprint density at radius 3 is 1.36 bits per heavy atom. The van der Waals surface area contributed by atoms with Gasteiger partial charge < -0.3 is 38.5 Å². The van der Waals surface area contributed by atoms with Gasteiger partial charge in [-0.1, -0.05) is 0 Å². The molecule has 0 amide bonds. The van der Waals surface area contributed by atoms with Crippen LogP contribution in [0.4, 0.5) is 0 Å². The second-order valence-corrected chi connectivity index (χ2v) is 6.80. The fourth-order valence-electron chi connectivity index (χ4n) is 1.80. The van der Waals surface area contributed by atoms with Crippen molar-refractivity contribution in [2.45, 2.75) is 26.4 Å². The first-order valence-electron chi connectivity index (χ1n) is 9.78. The van der Waals surface area contributed by atoms with Crippen molar-refractivity contribution in [3.05, 3.63) is 0 Å². The van der Waals surface area contributed by atoms with Crippen LogP contribution in [0, 0.1) is 0 Å². The minimum absolute atomic E-state index is 0.0679. The van der Waals surface area contributed by atoms with Gasteiger partial charge in [-0.25, -0.2) is 4.79 Å². The molecule has 0 aliphatic heterocycles. The summed E-state index contributed by atoms with van der Waals surface area (Å²) in [5, 5.41) is 3.01. The minimum Gasteiger partial charge on any atom is -0.458 e. The molecule has 0 radical (unpaired) electrons. The lowest BCUT2D eigenvalue weighted by molar-refractivity contribution is -0.160. The molecule has 28 heavy (non-hydrogen) atoms. The third-order valence-corrected chi connectivity index (χ3v) is 3.00. The lowest BCUT2D eigenvalue weighted by atomic mass is 10.2. The van der Waals surface area contributed by atoms with Gasteiger partial charge >= 0.3 is 5.97 Å². The van der Waals surface area contributed by atoms with Gasteiger partial charge in [0.05, 0.1) is 72.7 Å². The molecule has 0 aliphatic rings. The molecule has 0 saturated heterocycles. The van der Waals surface area contributed by atoms with E-state index in [-0.39, 0.29) is 12.6 Å². The van der Waals surface area contributed by atoms with Crippen molar-refractivity contribution >= 4 is 5.97 Å². The number of nitrogens with one attached hydrogen (secondary N) is 1. The van der Waals surface area contributed by atoms with E-state index in [0.29, 0.717) is 72.7 Å². The highest BCUT2D eigenvalue weighted by Gasteiger charge is 2.15. The summed E-state index contributed by atoms with van der Waals surface area (Å²) in [5.74, 6) is -0.376. The number of esters is 1. The number of ether oxygens (including phenoxy) is 7. The summed E-state index contributed by atoms with van der Waals surface area (Å²) in [4.78, 5) is 11.4. The lowest BCUT2D eigenvalue weighted by Gasteiger charge is -2.19. The molecule has 0 aromatic carbocycles. The first-order valence-corrected chi connectivity index (χ1v) is 9.78. The van der Waals surface area contributed by atoms with Crippen molar-refractivity contribution in [3.8, 4) is 0 Å². The SMILES string of the molecule is CNCCOCCOCCOCCOCCOCCOCC(=O)OC(C)(C)C. The average Bonchev–Trinajstić information content (AvgIpc) is 2.62. The standard InChI is InChI=1S/C19H39NO8/c1-19(2,3)28-18(21)17-27-16-15-26-14-13-25-12-11-24-10-9-23-8-7-22-6-5-20-4/h20H,5-17H2,1-4H3. The molecule has 1 N–H and O–H groups in total. The van der Waals surface area contributed by atoms with Crippen LogP contribution in [0.1, 0.15) is 20.8 Å². The van der Waals surface area contributed by atoms with Gasteiger partial charge in [0.2, 0.25) is 0 Å². The number of rotatable bonds is 20. The topological polar surface area (TPSA) is 93.7 Å². The molecule has 0 aromatic heterocycles. The largest absolute Gasteiger partial charge is 0.458 e. The van der Waals surface area contributed by atoms with Gasteiger partial charge in [0, 0.05) is 6.54 Å². The second-order valence-electron chi connectivity index (χ2n) is 6.80. The number of likely N-dealkylation sites (N-methyl/N-ethyl adjacent to an activating group) is 1. The fourth-order valence-corrected chi connectivity index (χ4v) is 1.80. The van der Waals surface area contributed by atoms with E-state index in [1.165, 1.54) is 0 Å². The first kappa shape index (κ1) is 27.2. The van der Waals surface area contributed by atoms with E-state index in [2.05, 4.69) is 5.32 Å². The molecule has 9 nitrogen and oxygen atoms in total. The Morgan fingerprint density at radius 1 is 0.643 bits per heavy atom. The first-order chi connectivity index (χ1) is 13.5. The van der Waals surface area contributed by atoms with Gasteiger partial charge in [0.15, 0.2) is 0 Å². The molecule has 0 unspecified atom stereocenters. The van der Waals surface area contributed by atoms with Crippen LogP contribution >= 0.6 is 0 Å². The van der Waals surface area contributed by atoms with Gasteiger partial charge in [0.1, 0.15) is 12.2 Å². The van der Waals surface area contributed by atoms with Crippen LogP contribution in [-0.4, -0.2) is 104 Å². The van der Waals surface area contributed by atoms with E-state index < -0.39 is 5.60 Å². The molecule has 0 fully saturated rings. The van der Waals surface area contributed by atoms with Crippen LogP contribution < -0.4 is 5.32 Å². The number of hydrogen-bond acceptors (Lipinski definition) is 9. The summed E-state index contributed by atoms with van der Waals surface area (Å²) >= 11 is 0. The average molecular weight is 410 g/mol. The quantitative estimate of drug-likeness (QED) is 0.230. The zero-order chi connectivity index (χ0) is 20.9. The van der Waals surface area contributed by atoms with Gasteiger partial charge in [-0.3, -0.25) is 0 Å². The Labute approximate surface area is 169 Å². The normalized spacial score (nSPS) is 11.7. The molecule has 0 bridgehead atoms. The van der Waals surface area contributed by atoms with Crippen molar-refractivity contribution < 1.29 is 38.0 Å². The maximum atomic E-state index is 11.4. The van der Waals surface area contributed by atoms with Gasteiger partial charge in [0.25, 0.3) is 0 Å². The summed E-state index contributed by atoms with van der Waals surface area (Å²) < 4.78 is 37.1. The molecule has 9 heteroatoms. The lowest BCUT2D eigenvalue weighted by Crippen LogP contribution is -2.27. The van der Waals surface area contributed by atoms with E-state index in [1.807, 2.05) is 27.8 Å². The highest BCUT2D eigenvalue weighted by atomic mass is 16.6. The van der Waals surface area contributed by atoms with Crippen LogP contribution in [0.5, 0.6) is 0 Å². The molecule has 168 valence electrons. The Kier molecular flexibility index (Phi) is 18.9. The van der Waals surface area contributed by atoms with Crippen molar-refractivity contribution in [2.24, 2.45) is 0 Å². The van der Waals surface area contributed by atoms with Crippen molar-refractivity contribution in [1.29, 1.82) is 0 Å². The molecule has 0 saturated carbocycles. The fraction of sp³-hybridized carbons (Fsp3) is 0.947. The van der Waals surface area contributed by atoms with E-state index in [4.69, 9.17) is 33.2 Å². The van der Waals surface area contributed by atoms with E-state index in [1.54, 1.807) is 0 Å². The summed E-state index contributed by atoms with van der Waals surface area (Å²) in [7, 11) is 1.89. The van der Waals surface area contributed by atoms with Crippen molar-refractivity contribution in [2.75, 3.05) is 92.9 Å². The Balaban J connectivity index is 3.11. The van der Waals surface area contributed by atoms with E-state index in [9.17, 15) is 4.79 Å². The van der Waals surface area contributed by atoms with Crippen molar-refractivity contribution in [3.63, 3.8) is 0 Å². The smallest absolute Gasteiger partial charge is 0.332 e. The molecule has 0 heterocycles. The Hall–Kier alpha value is -0.810. The Morgan fingerprint density at radius 2 is 1.00 bits per heavy atom. The predicted octanol–water partition coefficient (Wildman–Crippen LogP) is 0.647. The molecule has 0 atom stereocenters. The molecular formula is C19H39NO8. The summed E-state index contributed by atoms with van der Waals surface area (Å²) in [6.07, 6.45) is 0. The third-order valence-electron chi connectivity index (χ3n) is 3.00. The van der Waals surface area contributed by atoms with Crippen LogP contribution in [0.3, 0.4) is 0 Å².